The van der Waals surface area contributed by atoms with Crippen LogP contribution in [0.5, 0.6) is 0 Å². The van der Waals surface area contributed by atoms with E-state index in [1.807, 2.05) is 61.5 Å². The van der Waals surface area contributed by atoms with E-state index in [1.54, 1.807) is 22.8 Å². The largest absolute Gasteiger partial charge is 0.342 e. The Kier molecular flexibility index (Phi) is 5.65. The number of hydrogen-bond donors (Lipinski definition) is 1. The quantitative estimate of drug-likeness (QED) is 0.494. The predicted octanol–water partition coefficient (Wildman–Crippen LogP) is 4.61. The molecule has 1 aliphatic heterocycles. The van der Waals surface area contributed by atoms with Gasteiger partial charge < -0.3 is 10.2 Å². The highest BCUT2D eigenvalue weighted by molar-refractivity contribution is 6.06. The number of carbonyl (C=O) groups excluding carboxylic acids is 1. The summed E-state index contributed by atoms with van der Waals surface area (Å²) >= 11 is 0. The fraction of sp³-hybridized carbons (Fsp3) is 0.222. The topological polar surface area (TPSA) is 67.2 Å². The van der Waals surface area contributed by atoms with Crippen LogP contribution in [0.4, 0.5) is 11.6 Å². The molecule has 6 heteroatoms. The van der Waals surface area contributed by atoms with Gasteiger partial charge in [0.1, 0.15) is 0 Å². The van der Waals surface area contributed by atoms with E-state index in [-0.39, 0.29) is 11.5 Å². The van der Waals surface area contributed by atoms with Gasteiger partial charge in [0.25, 0.3) is 11.5 Å². The molecule has 0 atom stereocenters. The number of aryl methyl sites for hydroxylation is 1. The van der Waals surface area contributed by atoms with Crippen LogP contribution in [0.15, 0.2) is 77.6 Å². The molecule has 1 amide bonds. The van der Waals surface area contributed by atoms with Crippen LogP contribution in [0.1, 0.15) is 34.3 Å². The van der Waals surface area contributed by atoms with E-state index in [9.17, 15) is 9.59 Å². The van der Waals surface area contributed by atoms with Crippen molar-refractivity contribution in [2.24, 2.45) is 0 Å². The number of rotatable bonds is 5. The maximum atomic E-state index is 13.5. The number of nitrogens with zero attached hydrogens (tertiary/aromatic N) is 3. The van der Waals surface area contributed by atoms with Crippen LogP contribution < -0.4 is 15.8 Å². The maximum absolute atomic E-state index is 13.5. The molecule has 0 aliphatic carbocycles. The van der Waals surface area contributed by atoms with Crippen LogP contribution in [0.2, 0.25) is 0 Å². The second-order valence-corrected chi connectivity index (χ2v) is 8.53. The smallest absolute Gasteiger partial charge is 0.263 e. The Balaban J connectivity index is 1.54. The predicted molar refractivity (Wildman–Crippen MR) is 132 cm³/mol. The van der Waals surface area contributed by atoms with E-state index in [0.717, 1.165) is 42.7 Å². The zero-order chi connectivity index (χ0) is 22.8. The van der Waals surface area contributed by atoms with Gasteiger partial charge in [0, 0.05) is 24.3 Å². The molecule has 0 saturated carbocycles. The van der Waals surface area contributed by atoms with Crippen LogP contribution in [-0.2, 0) is 6.54 Å². The van der Waals surface area contributed by atoms with Crippen LogP contribution in [0.3, 0.4) is 0 Å². The third-order valence-corrected chi connectivity index (χ3v) is 6.08. The van der Waals surface area contributed by atoms with Gasteiger partial charge in [-0.3, -0.25) is 14.2 Å². The van der Waals surface area contributed by atoms with Crippen molar-refractivity contribution in [1.82, 2.24) is 9.55 Å². The fourth-order valence-electron chi connectivity index (χ4n) is 4.26. The minimum absolute atomic E-state index is 0.0868. The normalized spacial score (nSPS) is 13.4. The first-order valence-electron chi connectivity index (χ1n) is 11.3. The number of amides is 1. The van der Waals surface area contributed by atoms with Crippen molar-refractivity contribution in [2.75, 3.05) is 23.3 Å². The SMILES string of the molecule is Cc1ccc(NC(=O)c2ccc3c(=O)n(Cc4ccccc4)c(N4CCCC4)nc3c2)cc1. The molecular formula is C27H26N4O2. The van der Waals surface area contributed by atoms with Gasteiger partial charge in [-0.2, -0.15) is 0 Å². The molecule has 3 aromatic carbocycles. The van der Waals surface area contributed by atoms with Crippen molar-refractivity contribution < 1.29 is 4.79 Å². The van der Waals surface area contributed by atoms with Crippen LogP contribution in [-0.4, -0.2) is 28.5 Å². The molecule has 1 saturated heterocycles. The Morgan fingerprint density at radius 2 is 1.70 bits per heavy atom. The summed E-state index contributed by atoms with van der Waals surface area (Å²) in [6.07, 6.45) is 2.16. The van der Waals surface area contributed by atoms with Gasteiger partial charge in [0.2, 0.25) is 5.95 Å². The van der Waals surface area contributed by atoms with Crippen LogP contribution in [0, 0.1) is 6.92 Å². The van der Waals surface area contributed by atoms with E-state index >= 15 is 0 Å². The summed E-state index contributed by atoms with van der Waals surface area (Å²) in [5.74, 6) is 0.448. The van der Waals surface area contributed by atoms with Crippen molar-refractivity contribution in [3.63, 3.8) is 0 Å². The Bertz CT molecular complexity index is 1360. The molecule has 0 spiro atoms. The number of fused-ring (bicyclic) bond motifs is 1. The zero-order valence-corrected chi connectivity index (χ0v) is 18.6. The first kappa shape index (κ1) is 20.9. The third kappa shape index (κ3) is 4.37. The minimum atomic E-state index is -0.223. The van der Waals surface area contributed by atoms with Crippen molar-refractivity contribution in [1.29, 1.82) is 0 Å². The lowest BCUT2D eigenvalue weighted by Gasteiger charge is -2.22. The van der Waals surface area contributed by atoms with Crippen molar-refractivity contribution in [3.05, 3.63) is 99.8 Å². The highest BCUT2D eigenvalue weighted by Gasteiger charge is 2.21. The minimum Gasteiger partial charge on any atom is -0.342 e. The van der Waals surface area contributed by atoms with Crippen molar-refractivity contribution >= 4 is 28.4 Å². The van der Waals surface area contributed by atoms with E-state index in [1.165, 1.54) is 0 Å². The number of hydrogen-bond acceptors (Lipinski definition) is 4. The zero-order valence-electron chi connectivity index (χ0n) is 18.6. The van der Waals surface area contributed by atoms with Gasteiger partial charge in [0.15, 0.2) is 0 Å². The molecule has 1 fully saturated rings. The van der Waals surface area contributed by atoms with E-state index < -0.39 is 0 Å². The molecular weight excluding hydrogens is 412 g/mol. The number of nitrogens with one attached hydrogen (secondary N) is 1. The number of anilines is 2. The van der Waals surface area contributed by atoms with Crippen molar-refractivity contribution in [2.45, 2.75) is 26.3 Å². The summed E-state index contributed by atoms with van der Waals surface area (Å²) in [4.78, 5) is 33.4. The highest BCUT2D eigenvalue weighted by atomic mass is 16.1. The Morgan fingerprint density at radius 3 is 2.42 bits per heavy atom. The molecule has 1 aliphatic rings. The van der Waals surface area contributed by atoms with E-state index in [4.69, 9.17) is 4.98 Å². The monoisotopic (exact) mass is 438 g/mol. The van der Waals surface area contributed by atoms with E-state index in [2.05, 4.69) is 10.2 Å². The lowest BCUT2D eigenvalue weighted by Crippen LogP contribution is -2.31. The fourth-order valence-corrected chi connectivity index (χ4v) is 4.26. The molecule has 0 unspecified atom stereocenters. The lowest BCUT2D eigenvalue weighted by atomic mass is 10.1. The summed E-state index contributed by atoms with van der Waals surface area (Å²) in [7, 11) is 0. The summed E-state index contributed by atoms with van der Waals surface area (Å²) in [6.45, 7) is 4.22. The molecule has 33 heavy (non-hydrogen) atoms. The second kappa shape index (κ2) is 8.90. The first-order valence-corrected chi connectivity index (χ1v) is 11.3. The summed E-state index contributed by atoms with van der Waals surface area (Å²) in [5.41, 5.74) is 3.84. The molecule has 6 nitrogen and oxygen atoms in total. The summed E-state index contributed by atoms with van der Waals surface area (Å²) in [5, 5.41) is 3.43. The highest BCUT2D eigenvalue weighted by Crippen LogP contribution is 2.22. The van der Waals surface area contributed by atoms with Gasteiger partial charge in [-0.25, -0.2) is 4.98 Å². The molecule has 4 aromatic rings. The Morgan fingerprint density at radius 1 is 0.970 bits per heavy atom. The van der Waals surface area contributed by atoms with Gasteiger partial charge in [-0.1, -0.05) is 48.0 Å². The van der Waals surface area contributed by atoms with Gasteiger partial charge in [0.05, 0.1) is 17.4 Å². The van der Waals surface area contributed by atoms with Gasteiger partial charge in [-0.15, -0.1) is 0 Å². The summed E-state index contributed by atoms with van der Waals surface area (Å²) in [6, 6.07) is 22.7. The maximum Gasteiger partial charge on any atom is 0.263 e. The third-order valence-electron chi connectivity index (χ3n) is 6.08. The molecule has 5 rings (SSSR count). The molecule has 0 radical (unpaired) electrons. The average Bonchev–Trinajstić information content (AvgIpc) is 3.37. The number of carbonyl (C=O) groups is 1. The van der Waals surface area contributed by atoms with E-state index in [0.29, 0.717) is 29.0 Å². The lowest BCUT2D eigenvalue weighted by molar-refractivity contribution is 0.102. The molecule has 166 valence electrons. The Hall–Kier alpha value is -3.93. The number of aromatic nitrogens is 2. The molecule has 1 aromatic heterocycles. The van der Waals surface area contributed by atoms with Gasteiger partial charge >= 0.3 is 0 Å². The second-order valence-electron chi connectivity index (χ2n) is 8.53. The molecule has 1 N–H and O–H groups in total. The first-order chi connectivity index (χ1) is 16.1. The van der Waals surface area contributed by atoms with Gasteiger partial charge in [-0.05, 0) is 55.7 Å². The van der Waals surface area contributed by atoms with Crippen LogP contribution >= 0.6 is 0 Å². The Labute approximate surface area is 192 Å². The molecule has 2 heterocycles. The average molecular weight is 439 g/mol. The summed E-state index contributed by atoms with van der Waals surface area (Å²) < 4.78 is 1.76. The van der Waals surface area contributed by atoms with Crippen molar-refractivity contribution in [3.8, 4) is 0 Å². The molecule has 0 bridgehead atoms. The standard InChI is InChI=1S/C27H26N4O2/c1-19-9-12-22(13-10-19)28-25(32)21-11-14-23-24(17-21)29-27(30-15-5-6-16-30)31(26(23)33)18-20-7-3-2-4-8-20/h2-4,7-14,17H,5-6,15-16,18H2,1H3,(H,28,32). The van der Waals surface area contributed by atoms with Crippen LogP contribution in [0.25, 0.3) is 10.9 Å². The number of benzene rings is 3.